The summed E-state index contributed by atoms with van der Waals surface area (Å²) >= 11 is 5.56. The summed E-state index contributed by atoms with van der Waals surface area (Å²) < 4.78 is 5.04. The zero-order valence-electron chi connectivity index (χ0n) is 13.6. The number of unbranched alkanes of at least 4 members (excludes halogenated alkanes) is 2. The van der Waals surface area contributed by atoms with Gasteiger partial charge in [0.15, 0.2) is 5.11 Å². The van der Waals surface area contributed by atoms with Crippen LogP contribution in [0, 0.1) is 0 Å². The Morgan fingerprint density at radius 1 is 1.55 bits per heavy atom. The summed E-state index contributed by atoms with van der Waals surface area (Å²) in [6, 6.07) is 0.295. The van der Waals surface area contributed by atoms with Gasteiger partial charge in [-0.05, 0) is 37.9 Å². The van der Waals surface area contributed by atoms with Gasteiger partial charge in [0.1, 0.15) is 0 Å². The average Bonchev–Trinajstić information content (AvgIpc) is 2.92. The lowest BCUT2D eigenvalue weighted by molar-refractivity contribution is -0.136. The first-order valence-electron chi connectivity index (χ1n) is 8.16. The van der Waals surface area contributed by atoms with Crippen LogP contribution in [0.15, 0.2) is 23.9 Å². The Hall–Kier alpha value is -1.36. The topological polar surface area (TPSA) is 41.6 Å². The predicted octanol–water partition coefficient (Wildman–Crippen LogP) is 3.29. The van der Waals surface area contributed by atoms with Crippen LogP contribution in [0.4, 0.5) is 0 Å². The second kappa shape index (κ2) is 7.77. The second-order valence-electron chi connectivity index (χ2n) is 5.94. The maximum atomic E-state index is 12.3. The van der Waals surface area contributed by atoms with Gasteiger partial charge in [-0.3, -0.25) is 0 Å². The third-order valence-corrected chi connectivity index (χ3v) is 4.80. The van der Waals surface area contributed by atoms with Crippen molar-refractivity contribution in [1.82, 2.24) is 10.2 Å². The van der Waals surface area contributed by atoms with E-state index in [0.29, 0.717) is 6.04 Å². The fourth-order valence-electron chi connectivity index (χ4n) is 3.42. The van der Waals surface area contributed by atoms with Crippen molar-refractivity contribution in [2.24, 2.45) is 0 Å². The van der Waals surface area contributed by atoms with Crippen molar-refractivity contribution < 1.29 is 9.53 Å². The molecular formula is C17H26N2O2S. The van der Waals surface area contributed by atoms with E-state index in [1.54, 1.807) is 0 Å². The number of methoxy groups -OCH3 is 1. The number of hydrogen-bond donors (Lipinski definition) is 1. The van der Waals surface area contributed by atoms with Crippen LogP contribution in [-0.4, -0.2) is 35.2 Å². The van der Waals surface area contributed by atoms with E-state index in [1.165, 1.54) is 7.11 Å². The molecule has 0 amide bonds. The highest BCUT2D eigenvalue weighted by Crippen LogP contribution is 2.36. The van der Waals surface area contributed by atoms with Crippen LogP contribution >= 0.6 is 12.2 Å². The standard InChI is InChI=1S/C17H26N2O2S/c1-4-6-7-9-13-15(16(20)21-3)14-11-10-12(8-5-2)19(14)17(22)18-13/h5,12-13H,2,4,6-11H2,1,3H3,(H,18,22)/t12-,13-/m1/s1. The minimum absolute atomic E-state index is 0.0137. The number of ether oxygens (including phenoxy) is 1. The maximum absolute atomic E-state index is 12.3. The molecule has 122 valence electrons. The van der Waals surface area contributed by atoms with Crippen LogP contribution in [0.1, 0.15) is 51.9 Å². The monoisotopic (exact) mass is 322 g/mol. The van der Waals surface area contributed by atoms with Crippen LogP contribution in [-0.2, 0) is 9.53 Å². The van der Waals surface area contributed by atoms with E-state index < -0.39 is 0 Å². The summed E-state index contributed by atoms with van der Waals surface area (Å²) in [6.45, 7) is 6.00. The van der Waals surface area contributed by atoms with Crippen LogP contribution in [0.3, 0.4) is 0 Å². The molecule has 4 nitrogen and oxygen atoms in total. The number of nitrogens with zero attached hydrogens (tertiary/aromatic N) is 1. The Labute approximate surface area is 138 Å². The van der Waals surface area contributed by atoms with E-state index >= 15 is 0 Å². The van der Waals surface area contributed by atoms with Crippen molar-refractivity contribution in [3.8, 4) is 0 Å². The smallest absolute Gasteiger partial charge is 0.337 e. The summed E-state index contributed by atoms with van der Waals surface area (Å²) in [7, 11) is 1.45. The number of fused-ring (bicyclic) bond motifs is 1. The number of rotatable bonds is 7. The first-order chi connectivity index (χ1) is 10.6. The molecule has 0 aromatic carbocycles. The molecule has 0 aromatic rings. The molecule has 1 N–H and O–H groups in total. The maximum Gasteiger partial charge on any atom is 0.337 e. The van der Waals surface area contributed by atoms with Crippen molar-refractivity contribution in [1.29, 1.82) is 0 Å². The van der Waals surface area contributed by atoms with Gasteiger partial charge in [0.05, 0.1) is 18.7 Å². The van der Waals surface area contributed by atoms with Crippen LogP contribution in [0.5, 0.6) is 0 Å². The molecule has 2 rings (SSSR count). The van der Waals surface area contributed by atoms with Crippen LogP contribution < -0.4 is 5.32 Å². The molecule has 22 heavy (non-hydrogen) atoms. The lowest BCUT2D eigenvalue weighted by atomic mass is 9.96. The summed E-state index contributed by atoms with van der Waals surface area (Å²) in [5.74, 6) is -0.226. The van der Waals surface area contributed by atoms with Gasteiger partial charge in [-0.1, -0.05) is 32.3 Å². The highest BCUT2D eigenvalue weighted by molar-refractivity contribution is 7.80. The number of nitrogens with one attached hydrogen (secondary N) is 1. The number of thiocarbonyl (C=S) groups is 1. The van der Waals surface area contributed by atoms with E-state index in [9.17, 15) is 4.79 Å². The third kappa shape index (κ3) is 3.35. The fraction of sp³-hybridized carbons (Fsp3) is 0.647. The predicted molar refractivity (Wildman–Crippen MR) is 92.4 cm³/mol. The molecule has 2 heterocycles. The Kier molecular flexibility index (Phi) is 6.00. The van der Waals surface area contributed by atoms with Crippen LogP contribution in [0.2, 0.25) is 0 Å². The molecule has 2 aliphatic heterocycles. The van der Waals surface area contributed by atoms with Crippen molar-refractivity contribution in [3.05, 3.63) is 23.9 Å². The fourth-order valence-corrected chi connectivity index (χ4v) is 3.82. The molecule has 1 fully saturated rings. The van der Waals surface area contributed by atoms with Crippen molar-refractivity contribution in [3.63, 3.8) is 0 Å². The van der Waals surface area contributed by atoms with Gasteiger partial charge in [-0.2, -0.15) is 0 Å². The first kappa shape index (κ1) is 17.0. The number of carbonyl (C=O) groups excluding carboxylic acids is 1. The van der Waals surface area contributed by atoms with Gasteiger partial charge in [-0.25, -0.2) is 4.79 Å². The van der Waals surface area contributed by atoms with Gasteiger partial charge in [-0.15, -0.1) is 6.58 Å². The molecule has 0 saturated carbocycles. The molecule has 1 saturated heterocycles. The van der Waals surface area contributed by atoms with E-state index in [2.05, 4.69) is 23.7 Å². The highest BCUT2D eigenvalue weighted by Gasteiger charge is 2.40. The Morgan fingerprint density at radius 3 is 2.95 bits per heavy atom. The van der Waals surface area contributed by atoms with Crippen molar-refractivity contribution in [2.75, 3.05) is 7.11 Å². The number of hydrogen-bond acceptors (Lipinski definition) is 3. The molecule has 0 aliphatic carbocycles. The van der Waals surface area contributed by atoms with E-state index in [-0.39, 0.29) is 12.0 Å². The number of allylic oxidation sites excluding steroid dienone is 1. The Morgan fingerprint density at radius 2 is 2.32 bits per heavy atom. The van der Waals surface area contributed by atoms with Gasteiger partial charge in [0.2, 0.25) is 0 Å². The molecule has 0 bridgehead atoms. The van der Waals surface area contributed by atoms with Crippen molar-refractivity contribution in [2.45, 2.75) is 64.0 Å². The molecule has 0 radical (unpaired) electrons. The van der Waals surface area contributed by atoms with Crippen molar-refractivity contribution >= 4 is 23.3 Å². The SMILES string of the molecule is C=CC[C@@H]1CCC2=C(C(=O)OC)[C@@H](CCCCC)NC(=S)N21. The first-order valence-corrected chi connectivity index (χ1v) is 8.56. The molecule has 0 aromatic heterocycles. The summed E-state index contributed by atoms with van der Waals surface area (Å²) in [6.07, 6.45) is 9.01. The summed E-state index contributed by atoms with van der Waals surface area (Å²) in [5, 5.41) is 4.11. The van der Waals surface area contributed by atoms with Gasteiger partial charge >= 0.3 is 5.97 Å². The Balaban J connectivity index is 2.29. The third-order valence-electron chi connectivity index (χ3n) is 4.49. The minimum atomic E-state index is -0.226. The molecule has 2 aliphatic rings. The quantitative estimate of drug-likeness (QED) is 0.337. The van der Waals surface area contributed by atoms with Gasteiger partial charge < -0.3 is 15.0 Å². The van der Waals surface area contributed by atoms with E-state index in [1.807, 2.05) is 6.08 Å². The van der Waals surface area contributed by atoms with Crippen LogP contribution in [0.25, 0.3) is 0 Å². The zero-order chi connectivity index (χ0) is 16.1. The lowest BCUT2D eigenvalue weighted by Gasteiger charge is -2.37. The molecule has 2 atom stereocenters. The Bertz CT molecular complexity index is 487. The van der Waals surface area contributed by atoms with E-state index in [0.717, 1.165) is 61.3 Å². The largest absolute Gasteiger partial charge is 0.466 e. The molecule has 5 heteroatoms. The zero-order valence-corrected chi connectivity index (χ0v) is 14.4. The molecular weight excluding hydrogens is 296 g/mol. The lowest BCUT2D eigenvalue weighted by Crippen LogP contribution is -2.52. The second-order valence-corrected chi connectivity index (χ2v) is 6.32. The highest BCUT2D eigenvalue weighted by atomic mass is 32.1. The number of carbonyl (C=O) groups is 1. The molecule has 0 spiro atoms. The average molecular weight is 322 g/mol. The summed E-state index contributed by atoms with van der Waals surface area (Å²) in [4.78, 5) is 14.4. The van der Waals surface area contributed by atoms with Gasteiger partial charge in [0.25, 0.3) is 0 Å². The van der Waals surface area contributed by atoms with Gasteiger partial charge in [0, 0.05) is 11.7 Å². The minimum Gasteiger partial charge on any atom is -0.466 e. The normalized spacial score (nSPS) is 24.1. The van der Waals surface area contributed by atoms with E-state index in [4.69, 9.17) is 17.0 Å². The summed E-state index contributed by atoms with van der Waals surface area (Å²) in [5.41, 5.74) is 1.84. The molecule has 0 unspecified atom stereocenters. The number of esters is 1.